The summed E-state index contributed by atoms with van der Waals surface area (Å²) < 4.78 is 94.0. The van der Waals surface area contributed by atoms with Gasteiger partial charge in [-0.2, -0.15) is 0 Å². The molecule has 3 aromatic carbocycles. The second-order valence-corrected chi connectivity index (χ2v) is 18.6. The number of hydrogen-bond acceptors (Lipinski definition) is 23. The van der Waals surface area contributed by atoms with Crippen molar-refractivity contribution >= 4 is 54.0 Å². The maximum Gasteiger partial charge on any atom is 0.331 e. The standard InChI is InChI=1S/C54H60O23/c1-29(55)68-35-17-11-32(23-38(35)62-8)14-20-43(58)65-26-42-48(72-44(59)21-15-33-12-18-36(69-30(2)56)39(24-33)63-9)50(73-45(60)22-16-34-13-19-37(70-31(3)57)40(25-34)64-10)54(74-42)28-67-53(6,7)76-49-46(61)47-41(71-51(49)77-54)27-66-52(4,5)75-47/h11-25,41-42,46-51,61H,26-28H2,1-10H3/b20-14+,21-15+,22-16+/t41-,42-,46+,47-,48-,49-,50+,51-,54+/m1/s1. The summed E-state index contributed by atoms with van der Waals surface area (Å²) in [5, 5.41) is 11.9. The number of carbonyl (C=O) groups excluding carboxylic acids is 6. The Balaban J connectivity index is 1.26. The number of hydrogen-bond donors (Lipinski definition) is 1. The van der Waals surface area contributed by atoms with Gasteiger partial charge in [0.1, 0.15) is 43.7 Å². The van der Waals surface area contributed by atoms with Gasteiger partial charge in [0.05, 0.1) is 27.9 Å². The quantitative estimate of drug-likeness (QED) is 0.0873. The fourth-order valence-corrected chi connectivity index (χ4v) is 8.50. The highest BCUT2D eigenvalue weighted by atomic mass is 16.9. The predicted molar refractivity (Wildman–Crippen MR) is 264 cm³/mol. The van der Waals surface area contributed by atoms with Crippen LogP contribution in [0.2, 0.25) is 0 Å². The Morgan fingerprint density at radius 1 is 0.584 bits per heavy atom. The lowest BCUT2D eigenvalue weighted by Gasteiger charge is -2.53. The van der Waals surface area contributed by atoms with Gasteiger partial charge >= 0.3 is 35.8 Å². The highest BCUT2D eigenvalue weighted by Crippen LogP contribution is 2.45. The van der Waals surface area contributed by atoms with E-state index in [1.165, 1.54) is 96.7 Å². The molecule has 0 radical (unpaired) electrons. The van der Waals surface area contributed by atoms with Crippen molar-refractivity contribution in [3.05, 3.63) is 89.5 Å². The number of benzene rings is 3. The number of fused-ring (bicyclic) bond motifs is 2. The molecule has 414 valence electrons. The number of ether oxygens (including phenoxy) is 16. The van der Waals surface area contributed by atoms with E-state index in [9.17, 15) is 33.9 Å². The molecule has 23 nitrogen and oxygen atoms in total. The summed E-state index contributed by atoms with van der Waals surface area (Å²) in [6.07, 6.45) is -3.90. The van der Waals surface area contributed by atoms with Crippen LogP contribution in [0.4, 0.5) is 0 Å². The van der Waals surface area contributed by atoms with Gasteiger partial charge in [-0.3, -0.25) is 14.4 Å². The summed E-state index contributed by atoms with van der Waals surface area (Å²) in [4.78, 5) is 76.9. The molecule has 4 saturated heterocycles. The van der Waals surface area contributed by atoms with Crippen LogP contribution in [0.15, 0.2) is 72.8 Å². The number of rotatable bonds is 16. The van der Waals surface area contributed by atoms with Crippen LogP contribution in [0.3, 0.4) is 0 Å². The maximum atomic E-state index is 14.2. The van der Waals surface area contributed by atoms with E-state index in [2.05, 4.69) is 0 Å². The van der Waals surface area contributed by atoms with Gasteiger partial charge in [-0.1, -0.05) is 18.2 Å². The third-order valence-electron chi connectivity index (χ3n) is 11.9. The maximum absolute atomic E-state index is 14.2. The Labute approximate surface area is 442 Å². The molecule has 4 aliphatic heterocycles. The molecular weight excluding hydrogens is 1020 g/mol. The molecule has 1 N–H and O–H groups in total. The smallest absolute Gasteiger partial charge is 0.331 e. The molecule has 0 unspecified atom stereocenters. The molecule has 4 heterocycles. The van der Waals surface area contributed by atoms with E-state index in [0.29, 0.717) is 16.7 Å². The molecule has 4 aliphatic rings. The molecular formula is C54H60O23. The summed E-state index contributed by atoms with van der Waals surface area (Å²) in [7, 11) is 4.11. The highest BCUT2D eigenvalue weighted by molar-refractivity contribution is 5.89. The molecule has 0 saturated carbocycles. The molecule has 7 rings (SSSR count). The van der Waals surface area contributed by atoms with E-state index in [4.69, 9.17) is 75.8 Å². The third kappa shape index (κ3) is 14.6. The summed E-state index contributed by atoms with van der Waals surface area (Å²) in [6, 6.07) is 13.6. The monoisotopic (exact) mass is 1080 g/mol. The van der Waals surface area contributed by atoms with Gasteiger partial charge in [-0.05, 0) is 99.0 Å². The van der Waals surface area contributed by atoms with Gasteiger partial charge < -0.3 is 80.9 Å². The van der Waals surface area contributed by atoms with E-state index in [-0.39, 0.29) is 41.1 Å². The van der Waals surface area contributed by atoms with Crippen LogP contribution >= 0.6 is 0 Å². The van der Waals surface area contributed by atoms with Crippen molar-refractivity contribution in [3.63, 3.8) is 0 Å². The van der Waals surface area contributed by atoms with Gasteiger partial charge in [-0.25, -0.2) is 14.4 Å². The van der Waals surface area contributed by atoms with Gasteiger partial charge in [0.2, 0.25) is 5.79 Å². The zero-order chi connectivity index (χ0) is 55.8. The molecule has 0 aromatic heterocycles. The second-order valence-electron chi connectivity index (χ2n) is 18.6. The molecule has 3 aromatic rings. The van der Waals surface area contributed by atoms with Crippen LogP contribution in [0.1, 0.15) is 65.2 Å². The first-order valence-corrected chi connectivity index (χ1v) is 24.0. The molecule has 0 amide bonds. The lowest BCUT2D eigenvalue weighted by atomic mass is 9.96. The zero-order valence-corrected chi connectivity index (χ0v) is 43.8. The first kappa shape index (κ1) is 57.5. The third-order valence-corrected chi connectivity index (χ3v) is 11.9. The van der Waals surface area contributed by atoms with Crippen molar-refractivity contribution < 1.29 is 110 Å². The minimum Gasteiger partial charge on any atom is -0.493 e. The highest BCUT2D eigenvalue weighted by Gasteiger charge is 2.65. The summed E-state index contributed by atoms with van der Waals surface area (Å²) >= 11 is 0. The van der Waals surface area contributed by atoms with E-state index in [0.717, 1.165) is 18.2 Å². The lowest BCUT2D eigenvalue weighted by Crippen LogP contribution is -2.69. The lowest BCUT2D eigenvalue weighted by molar-refractivity contribution is -0.454. The molecule has 77 heavy (non-hydrogen) atoms. The van der Waals surface area contributed by atoms with Gasteiger partial charge in [0.15, 0.2) is 64.6 Å². The summed E-state index contributed by atoms with van der Waals surface area (Å²) in [5.41, 5.74) is 1.27. The van der Waals surface area contributed by atoms with Crippen LogP contribution in [0.5, 0.6) is 34.5 Å². The average molecular weight is 1080 g/mol. The Bertz CT molecular complexity index is 2780. The number of carbonyl (C=O) groups is 6. The fourth-order valence-electron chi connectivity index (χ4n) is 8.50. The number of methoxy groups -OCH3 is 3. The largest absolute Gasteiger partial charge is 0.493 e. The van der Waals surface area contributed by atoms with Crippen LogP contribution in [0, 0.1) is 0 Å². The molecule has 0 bridgehead atoms. The van der Waals surface area contributed by atoms with Crippen molar-refractivity contribution in [2.75, 3.05) is 41.2 Å². The second kappa shape index (κ2) is 24.4. The molecule has 23 heteroatoms. The van der Waals surface area contributed by atoms with Crippen molar-refractivity contribution in [3.8, 4) is 34.5 Å². The molecule has 9 atom stereocenters. The van der Waals surface area contributed by atoms with E-state index in [1.54, 1.807) is 45.9 Å². The van der Waals surface area contributed by atoms with Gasteiger partial charge in [0.25, 0.3) is 0 Å². The normalized spacial score (nSPS) is 26.4. The number of aliphatic hydroxyl groups excluding tert-OH is 1. The van der Waals surface area contributed by atoms with Crippen LogP contribution < -0.4 is 28.4 Å². The van der Waals surface area contributed by atoms with Crippen molar-refractivity contribution in [2.24, 2.45) is 0 Å². The Hall–Kier alpha value is -7.22. The van der Waals surface area contributed by atoms with Crippen molar-refractivity contribution in [1.29, 1.82) is 0 Å². The first-order valence-electron chi connectivity index (χ1n) is 24.0. The zero-order valence-electron chi connectivity index (χ0n) is 43.8. The number of esters is 6. The van der Waals surface area contributed by atoms with Crippen LogP contribution in [0.25, 0.3) is 18.2 Å². The average Bonchev–Trinajstić information content (AvgIpc) is 3.66. The Morgan fingerprint density at radius 2 is 1.04 bits per heavy atom. The van der Waals surface area contributed by atoms with Crippen LogP contribution in [-0.2, 0) is 76.1 Å². The topological polar surface area (TPSA) is 270 Å². The predicted octanol–water partition coefficient (Wildman–Crippen LogP) is 4.80. The van der Waals surface area contributed by atoms with E-state index in [1.807, 2.05) is 0 Å². The van der Waals surface area contributed by atoms with Gasteiger partial charge in [-0.15, -0.1) is 0 Å². The summed E-state index contributed by atoms with van der Waals surface area (Å²) in [6.45, 7) is 8.80. The minimum absolute atomic E-state index is 0.0505. The fraction of sp³-hybridized carbons (Fsp3) is 0.444. The van der Waals surface area contributed by atoms with Gasteiger partial charge in [0, 0.05) is 39.0 Å². The molecule has 0 aliphatic carbocycles. The number of aliphatic hydroxyl groups is 1. The SMILES string of the molecule is COc1cc(/C=C/C(=O)OC[C@H]2O[C@]3(COC(C)(C)O[C@H]4[C@H](O[C@@H]5COC(C)(C)O[C@H]5[C@@H]4O)O3)[C@@H](OC(=O)/C=C/c3ccc(OC(C)=O)c(OC)c3)[C@@H]2OC(=O)/C=C/c2ccc(OC(C)=O)c(OC)c2)ccc1OC(C)=O. The Kier molecular flexibility index (Phi) is 18.2. The van der Waals surface area contributed by atoms with Crippen LogP contribution in [-0.4, -0.2) is 148 Å². The summed E-state index contributed by atoms with van der Waals surface area (Å²) in [5.74, 6) is -8.71. The van der Waals surface area contributed by atoms with E-state index >= 15 is 0 Å². The molecule has 4 fully saturated rings. The van der Waals surface area contributed by atoms with Crippen molar-refractivity contribution in [1.82, 2.24) is 0 Å². The van der Waals surface area contributed by atoms with E-state index < -0.39 is 115 Å². The minimum atomic E-state index is -2.31. The van der Waals surface area contributed by atoms with Crippen molar-refractivity contribution in [2.45, 2.75) is 115 Å². The Morgan fingerprint density at radius 3 is 1.52 bits per heavy atom. The first-order chi connectivity index (χ1) is 36.5. The molecule has 1 spiro atoms.